The zero-order valence-corrected chi connectivity index (χ0v) is 21.5. The molecule has 3 rings (SSSR count). The van der Waals surface area contributed by atoms with E-state index in [9.17, 15) is 0 Å². The van der Waals surface area contributed by atoms with Crippen molar-refractivity contribution in [2.45, 2.75) is 44.9 Å². The van der Waals surface area contributed by atoms with Gasteiger partial charge in [-0.15, -0.1) is 24.0 Å². The second kappa shape index (κ2) is 13.2. The first-order valence-electron chi connectivity index (χ1n) is 10.5. The number of guanidine groups is 1. The van der Waals surface area contributed by atoms with E-state index < -0.39 is 0 Å². The van der Waals surface area contributed by atoms with Gasteiger partial charge in [0.25, 0.3) is 0 Å². The van der Waals surface area contributed by atoms with Crippen LogP contribution in [0.4, 0.5) is 0 Å². The summed E-state index contributed by atoms with van der Waals surface area (Å²) in [5, 5.41) is 6.60. The van der Waals surface area contributed by atoms with E-state index in [1.165, 1.54) is 12.8 Å². The lowest BCUT2D eigenvalue weighted by Gasteiger charge is -2.16. The number of aromatic nitrogens is 1. The summed E-state index contributed by atoms with van der Waals surface area (Å²) in [7, 11) is 6.54. The van der Waals surface area contributed by atoms with Crippen molar-refractivity contribution in [1.29, 1.82) is 0 Å². The number of nitrogens with one attached hydrogen (secondary N) is 2. The quantitative estimate of drug-likeness (QED) is 0.275. The van der Waals surface area contributed by atoms with Gasteiger partial charge in [-0.1, -0.05) is 6.07 Å². The normalized spacial score (nSPS) is 13.8. The fraction of sp³-hybridized carbons (Fsp3) is 0.478. The minimum Gasteiger partial charge on any atom is -0.493 e. The third-order valence-corrected chi connectivity index (χ3v) is 5.26. The van der Waals surface area contributed by atoms with Gasteiger partial charge in [-0.25, -0.2) is 4.98 Å². The summed E-state index contributed by atoms with van der Waals surface area (Å²) in [5.74, 6) is 3.19. The van der Waals surface area contributed by atoms with Crippen LogP contribution in [0.15, 0.2) is 35.5 Å². The monoisotopic (exact) mass is 556 g/mol. The third-order valence-electron chi connectivity index (χ3n) is 5.26. The van der Waals surface area contributed by atoms with E-state index in [4.69, 9.17) is 18.9 Å². The number of ether oxygens (including phenoxy) is 4. The molecule has 1 aliphatic rings. The molecule has 1 fully saturated rings. The maximum atomic E-state index is 5.92. The largest absolute Gasteiger partial charge is 0.493 e. The van der Waals surface area contributed by atoms with Crippen molar-refractivity contribution < 1.29 is 18.9 Å². The Morgan fingerprint density at radius 3 is 2.09 bits per heavy atom. The zero-order chi connectivity index (χ0) is 22.1. The second-order valence-electron chi connectivity index (χ2n) is 7.34. The lowest BCUT2D eigenvalue weighted by molar-refractivity contribution is 0.201. The highest BCUT2D eigenvalue weighted by Gasteiger charge is 2.17. The van der Waals surface area contributed by atoms with E-state index in [-0.39, 0.29) is 24.0 Å². The van der Waals surface area contributed by atoms with E-state index >= 15 is 0 Å². The third kappa shape index (κ3) is 7.04. The Kier molecular flexibility index (Phi) is 10.6. The highest BCUT2D eigenvalue weighted by atomic mass is 127. The van der Waals surface area contributed by atoms with Gasteiger partial charge in [-0.2, -0.15) is 0 Å². The van der Waals surface area contributed by atoms with Gasteiger partial charge in [0.05, 0.1) is 21.3 Å². The fourth-order valence-corrected chi connectivity index (χ4v) is 3.59. The Balaban J connectivity index is 0.00000363. The smallest absolute Gasteiger partial charge is 0.213 e. The Hall–Kier alpha value is -2.43. The molecule has 0 atom stereocenters. The molecular formula is C23H33IN4O4. The average Bonchev–Trinajstić information content (AvgIpc) is 3.32. The molecule has 0 radical (unpaired) electrons. The molecule has 0 spiro atoms. The summed E-state index contributed by atoms with van der Waals surface area (Å²) >= 11 is 0. The van der Waals surface area contributed by atoms with E-state index in [1.807, 2.05) is 30.5 Å². The maximum absolute atomic E-state index is 5.92. The Morgan fingerprint density at radius 2 is 1.59 bits per heavy atom. The molecular weight excluding hydrogens is 523 g/mol. The summed E-state index contributed by atoms with van der Waals surface area (Å²) < 4.78 is 22.1. The molecule has 0 aliphatic heterocycles. The van der Waals surface area contributed by atoms with Crippen LogP contribution in [-0.2, 0) is 13.1 Å². The predicted molar refractivity (Wildman–Crippen MR) is 136 cm³/mol. The first-order valence-corrected chi connectivity index (χ1v) is 10.5. The number of halogens is 1. The van der Waals surface area contributed by atoms with Gasteiger partial charge in [0, 0.05) is 32.4 Å². The number of benzene rings is 1. The summed E-state index contributed by atoms with van der Waals surface area (Å²) in [6.45, 7) is 1.15. The summed E-state index contributed by atoms with van der Waals surface area (Å²) in [5.41, 5.74) is 2.03. The molecule has 32 heavy (non-hydrogen) atoms. The van der Waals surface area contributed by atoms with Gasteiger partial charge in [0.15, 0.2) is 17.5 Å². The van der Waals surface area contributed by atoms with E-state index in [0.717, 1.165) is 24.0 Å². The van der Waals surface area contributed by atoms with Crippen molar-refractivity contribution in [3.05, 3.63) is 41.6 Å². The summed E-state index contributed by atoms with van der Waals surface area (Å²) in [6.07, 6.45) is 6.89. The summed E-state index contributed by atoms with van der Waals surface area (Å²) in [6, 6.07) is 7.78. The average molecular weight is 556 g/mol. The lowest BCUT2D eigenvalue weighted by Crippen LogP contribution is -2.36. The number of nitrogens with zero attached hydrogens (tertiary/aromatic N) is 2. The van der Waals surface area contributed by atoms with Crippen molar-refractivity contribution in [2.75, 3.05) is 28.4 Å². The van der Waals surface area contributed by atoms with Crippen molar-refractivity contribution in [1.82, 2.24) is 15.6 Å². The molecule has 0 bridgehead atoms. The van der Waals surface area contributed by atoms with Gasteiger partial charge in [-0.3, -0.25) is 4.99 Å². The Morgan fingerprint density at radius 1 is 0.969 bits per heavy atom. The molecule has 8 nitrogen and oxygen atoms in total. The zero-order valence-electron chi connectivity index (χ0n) is 19.1. The number of hydrogen-bond acceptors (Lipinski definition) is 6. The molecule has 0 saturated heterocycles. The predicted octanol–water partition coefficient (Wildman–Crippen LogP) is 3.91. The fourth-order valence-electron chi connectivity index (χ4n) is 3.59. The molecule has 176 valence electrons. The molecule has 2 N–H and O–H groups in total. The van der Waals surface area contributed by atoms with Crippen molar-refractivity contribution in [3.63, 3.8) is 0 Å². The van der Waals surface area contributed by atoms with Crippen LogP contribution in [0.5, 0.6) is 23.1 Å². The van der Waals surface area contributed by atoms with Crippen molar-refractivity contribution in [3.8, 4) is 23.1 Å². The molecule has 0 amide bonds. The minimum absolute atomic E-state index is 0. The molecule has 2 aromatic rings. The van der Waals surface area contributed by atoms with Crippen LogP contribution in [0, 0.1) is 0 Å². The summed E-state index contributed by atoms with van der Waals surface area (Å²) in [4.78, 5) is 8.72. The Labute approximate surface area is 207 Å². The topological polar surface area (TPSA) is 86.2 Å². The molecule has 0 unspecified atom stereocenters. The number of pyridine rings is 1. The number of aliphatic imine (C=N–C) groups is 1. The molecule has 9 heteroatoms. The number of rotatable bonds is 9. The first-order chi connectivity index (χ1) is 15.2. The van der Waals surface area contributed by atoms with E-state index in [0.29, 0.717) is 48.3 Å². The molecule has 1 aromatic heterocycles. The van der Waals surface area contributed by atoms with E-state index in [2.05, 4.69) is 20.6 Å². The molecule has 1 saturated carbocycles. The van der Waals surface area contributed by atoms with Crippen LogP contribution in [0.2, 0.25) is 0 Å². The minimum atomic E-state index is 0. The van der Waals surface area contributed by atoms with Crippen LogP contribution in [0.1, 0.15) is 36.8 Å². The first kappa shape index (κ1) is 25.8. The van der Waals surface area contributed by atoms with Gasteiger partial charge in [0.2, 0.25) is 11.6 Å². The van der Waals surface area contributed by atoms with E-state index in [1.54, 1.807) is 28.4 Å². The van der Waals surface area contributed by atoms with Crippen LogP contribution < -0.4 is 29.6 Å². The molecule has 1 aromatic carbocycles. The van der Waals surface area contributed by atoms with Crippen molar-refractivity contribution in [2.24, 2.45) is 4.99 Å². The highest BCUT2D eigenvalue weighted by Crippen LogP contribution is 2.38. The van der Waals surface area contributed by atoms with Crippen molar-refractivity contribution >= 4 is 29.9 Å². The molecule has 1 aliphatic carbocycles. The van der Waals surface area contributed by atoms with Crippen LogP contribution in [0.3, 0.4) is 0 Å². The Bertz CT molecular complexity index is 846. The van der Waals surface area contributed by atoms with Crippen LogP contribution >= 0.6 is 24.0 Å². The van der Waals surface area contributed by atoms with Crippen LogP contribution in [0.25, 0.3) is 0 Å². The number of methoxy groups -OCH3 is 3. The maximum Gasteiger partial charge on any atom is 0.213 e. The molecule has 1 heterocycles. The standard InChI is InChI=1S/C23H32N4O4.HI/c1-24-23(27-15-17-11-19(28-2)22(30-4)20(12-17)29-3)26-14-16-9-10-21(25-13-16)31-18-7-5-6-8-18;/h9-13,18H,5-8,14-15H2,1-4H3,(H2,24,26,27);1H. The SMILES string of the molecule is CN=C(NCc1ccc(OC2CCCC2)nc1)NCc1cc(OC)c(OC)c(OC)c1.I. The van der Waals surface area contributed by atoms with Gasteiger partial charge < -0.3 is 29.6 Å². The lowest BCUT2D eigenvalue weighted by atomic mass is 10.2. The van der Waals surface area contributed by atoms with Gasteiger partial charge in [0.1, 0.15) is 6.10 Å². The number of hydrogen-bond donors (Lipinski definition) is 2. The highest BCUT2D eigenvalue weighted by molar-refractivity contribution is 14.0. The van der Waals surface area contributed by atoms with Gasteiger partial charge >= 0.3 is 0 Å². The van der Waals surface area contributed by atoms with Crippen LogP contribution in [-0.4, -0.2) is 45.4 Å². The van der Waals surface area contributed by atoms with Gasteiger partial charge in [-0.05, 0) is 48.9 Å². The second-order valence-corrected chi connectivity index (χ2v) is 7.34.